The van der Waals surface area contributed by atoms with E-state index >= 15 is 0 Å². The number of benzene rings is 6. The van der Waals surface area contributed by atoms with Crippen molar-refractivity contribution in [1.82, 2.24) is 19.5 Å². The van der Waals surface area contributed by atoms with Gasteiger partial charge in [-0.3, -0.25) is 4.57 Å². The van der Waals surface area contributed by atoms with Crippen molar-refractivity contribution in [2.24, 2.45) is 0 Å². The second-order valence-electron chi connectivity index (χ2n) is 10.9. The first-order valence-electron chi connectivity index (χ1n) is 14.6. The largest absolute Gasteiger partial charge is 0.456 e. The summed E-state index contributed by atoms with van der Waals surface area (Å²) in [7, 11) is 0. The molecular weight excluding hydrogens is 540 g/mol. The van der Waals surface area contributed by atoms with E-state index in [0.717, 1.165) is 66.0 Å². The van der Waals surface area contributed by atoms with Crippen molar-refractivity contribution < 1.29 is 4.42 Å². The predicted molar refractivity (Wildman–Crippen MR) is 178 cm³/mol. The van der Waals surface area contributed by atoms with Crippen LogP contribution in [-0.4, -0.2) is 19.5 Å². The number of furan rings is 1. The zero-order valence-electron chi connectivity index (χ0n) is 23.6. The van der Waals surface area contributed by atoms with Gasteiger partial charge >= 0.3 is 0 Å². The number of para-hydroxylation sites is 2. The molecule has 5 heteroatoms. The molecule has 0 fully saturated rings. The van der Waals surface area contributed by atoms with Crippen molar-refractivity contribution in [2.45, 2.75) is 0 Å². The summed E-state index contributed by atoms with van der Waals surface area (Å²) in [5.74, 6) is 1.79. The molecule has 44 heavy (non-hydrogen) atoms. The molecule has 6 aromatic carbocycles. The third kappa shape index (κ3) is 3.91. The average molecular weight is 565 g/mol. The van der Waals surface area contributed by atoms with Crippen LogP contribution in [-0.2, 0) is 0 Å². The molecule has 0 bridgehead atoms. The lowest BCUT2D eigenvalue weighted by Gasteiger charge is -2.11. The number of hydrogen-bond acceptors (Lipinski definition) is 4. The first-order valence-corrected chi connectivity index (χ1v) is 14.6. The fourth-order valence-corrected chi connectivity index (χ4v) is 6.17. The van der Waals surface area contributed by atoms with Gasteiger partial charge in [0, 0.05) is 32.7 Å². The van der Waals surface area contributed by atoms with Crippen molar-refractivity contribution >= 4 is 43.7 Å². The average Bonchev–Trinajstić information content (AvgIpc) is 3.64. The molecule has 206 valence electrons. The van der Waals surface area contributed by atoms with E-state index in [0.29, 0.717) is 17.6 Å². The van der Waals surface area contributed by atoms with Gasteiger partial charge in [0.1, 0.15) is 11.2 Å². The Morgan fingerprint density at radius 3 is 1.82 bits per heavy atom. The highest BCUT2D eigenvalue weighted by Gasteiger charge is 2.19. The monoisotopic (exact) mass is 564 g/mol. The lowest BCUT2D eigenvalue weighted by atomic mass is 10.0. The lowest BCUT2D eigenvalue weighted by Crippen LogP contribution is -2.06. The molecule has 0 N–H and O–H groups in total. The van der Waals surface area contributed by atoms with Gasteiger partial charge in [-0.2, -0.15) is 9.97 Å². The second kappa shape index (κ2) is 9.75. The summed E-state index contributed by atoms with van der Waals surface area (Å²) in [4.78, 5) is 15.3. The standard InChI is InChI=1S/C39H24N4O/c1-3-11-25(12-4-1)27-19-21-30-29-15-7-9-17-33(29)43(34(30)24-27)39-41-37(26-13-5-2-6-14-26)40-38(42-39)28-20-22-36-32(23-28)31-16-8-10-18-35(31)44-36/h1-24H. The minimum Gasteiger partial charge on any atom is -0.456 e. The Morgan fingerprint density at radius 2 is 1.00 bits per heavy atom. The minimum atomic E-state index is 0.572. The Bertz CT molecular complexity index is 2490. The van der Waals surface area contributed by atoms with Crippen molar-refractivity contribution in [2.75, 3.05) is 0 Å². The SMILES string of the molecule is c1ccc(-c2ccc3c4ccccc4n(-c4nc(-c5ccccc5)nc(-c5ccc6oc7ccccc7c6c5)n4)c3c2)cc1. The van der Waals surface area contributed by atoms with E-state index in [1.54, 1.807) is 0 Å². The van der Waals surface area contributed by atoms with Crippen LogP contribution in [0, 0.1) is 0 Å². The molecule has 5 nitrogen and oxygen atoms in total. The van der Waals surface area contributed by atoms with Gasteiger partial charge in [-0.25, -0.2) is 4.98 Å². The van der Waals surface area contributed by atoms with E-state index in [4.69, 9.17) is 19.4 Å². The fraction of sp³-hybridized carbons (Fsp3) is 0. The smallest absolute Gasteiger partial charge is 0.238 e. The van der Waals surface area contributed by atoms with E-state index in [-0.39, 0.29) is 0 Å². The summed E-state index contributed by atoms with van der Waals surface area (Å²) >= 11 is 0. The van der Waals surface area contributed by atoms with Gasteiger partial charge in [0.2, 0.25) is 5.95 Å². The van der Waals surface area contributed by atoms with Crippen LogP contribution in [0.15, 0.2) is 150 Å². The zero-order valence-corrected chi connectivity index (χ0v) is 23.6. The Labute approximate surface area is 252 Å². The molecule has 0 saturated carbocycles. The molecule has 0 amide bonds. The normalized spacial score (nSPS) is 11.6. The molecule has 3 heterocycles. The molecule has 0 unspecified atom stereocenters. The summed E-state index contributed by atoms with van der Waals surface area (Å²) in [6.45, 7) is 0. The molecule has 0 spiro atoms. The molecule has 0 radical (unpaired) electrons. The highest BCUT2D eigenvalue weighted by atomic mass is 16.3. The summed E-state index contributed by atoms with van der Waals surface area (Å²) < 4.78 is 8.27. The third-order valence-corrected chi connectivity index (χ3v) is 8.27. The highest BCUT2D eigenvalue weighted by molar-refractivity contribution is 6.10. The molecule has 0 atom stereocenters. The van der Waals surface area contributed by atoms with Gasteiger partial charge in [0.15, 0.2) is 11.6 Å². The second-order valence-corrected chi connectivity index (χ2v) is 10.9. The number of aromatic nitrogens is 4. The van der Waals surface area contributed by atoms with Gasteiger partial charge in [-0.15, -0.1) is 0 Å². The summed E-state index contributed by atoms with van der Waals surface area (Å²) in [5, 5.41) is 4.40. The number of rotatable bonds is 4. The van der Waals surface area contributed by atoms with E-state index in [1.165, 1.54) is 0 Å². The zero-order chi connectivity index (χ0) is 29.0. The van der Waals surface area contributed by atoms with Crippen molar-refractivity contribution in [3.05, 3.63) is 146 Å². The third-order valence-electron chi connectivity index (χ3n) is 8.27. The molecule has 9 aromatic rings. The van der Waals surface area contributed by atoms with Gasteiger partial charge in [0.25, 0.3) is 0 Å². The molecule has 0 aliphatic carbocycles. The number of fused-ring (bicyclic) bond motifs is 6. The molecule has 9 rings (SSSR count). The van der Waals surface area contributed by atoms with Crippen LogP contribution >= 0.6 is 0 Å². The van der Waals surface area contributed by atoms with Crippen molar-refractivity contribution in [3.63, 3.8) is 0 Å². The minimum absolute atomic E-state index is 0.572. The predicted octanol–water partition coefficient (Wildman–Crippen LogP) is 9.87. The van der Waals surface area contributed by atoms with E-state index in [2.05, 4.69) is 83.4 Å². The Balaban J connectivity index is 1.33. The summed E-state index contributed by atoms with van der Waals surface area (Å²) in [6.07, 6.45) is 0. The van der Waals surface area contributed by atoms with E-state index in [9.17, 15) is 0 Å². The lowest BCUT2D eigenvalue weighted by molar-refractivity contribution is 0.669. The molecule has 0 aliphatic heterocycles. The first-order chi connectivity index (χ1) is 21.8. The van der Waals surface area contributed by atoms with Crippen LogP contribution in [0.2, 0.25) is 0 Å². The molecule has 0 saturated heterocycles. The van der Waals surface area contributed by atoms with Gasteiger partial charge in [0.05, 0.1) is 11.0 Å². The Hall–Kier alpha value is -6.07. The molecule has 3 aromatic heterocycles. The maximum Gasteiger partial charge on any atom is 0.238 e. The van der Waals surface area contributed by atoms with Gasteiger partial charge in [-0.05, 0) is 47.5 Å². The first kappa shape index (κ1) is 24.5. The van der Waals surface area contributed by atoms with E-state index < -0.39 is 0 Å². The van der Waals surface area contributed by atoms with Crippen LogP contribution in [0.25, 0.3) is 83.6 Å². The fourth-order valence-electron chi connectivity index (χ4n) is 6.17. The topological polar surface area (TPSA) is 56.7 Å². The summed E-state index contributed by atoms with van der Waals surface area (Å²) in [5.41, 5.74) is 7.91. The van der Waals surface area contributed by atoms with Crippen LogP contribution in [0.4, 0.5) is 0 Å². The van der Waals surface area contributed by atoms with Crippen LogP contribution in [0.3, 0.4) is 0 Å². The number of nitrogens with zero attached hydrogens (tertiary/aromatic N) is 4. The maximum atomic E-state index is 6.11. The van der Waals surface area contributed by atoms with Gasteiger partial charge in [-0.1, -0.05) is 109 Å². The maximum absolute atomic E-state index is 6.11. The van der Waals surface area contributed by atoms with Crippen LogP contribution < -0.4 is 0 Å². The summed E-state index contributed by atoms with van der Waals surface area (Å²) in [6, 6.07) is 49.9. The van der Waals surface area contributed by atoms with Crippen molar-refractivity contribution in [3.8, 4) is 39.9 Å². The highest BCUT2D eigenvalue weighted by Crippen LogP contribution is 2.36. The Kier molecular flexibility index (Phi) is 5.43. The molecular formula is C39H24N4O. The molecule has 0 aliphatic rings. The Morgan fingerprint density at radius 1 is 0.386 bits per heavy atom. The van der Waals surface area contributed by atoms with E-state index in [1.807, 2.05) is 66.7 Å². The quantitative estimate of drug-likeness (QED) is 0.213. The number of hydrogen-bond donors (Lipinski definition) is 0. The van der Waals surface area contributed by atoms with Crippen molar-refractivity contribution in [1.29, 1.82) is 0 Å². The van der Waals surface area contributed by atoms with Crippen LogP contribution in [0.1, 0.15) is 0 Å². The van der Waals surface area contributed by atoms with Gasteiger partial charge < -0.3 is 4.42 Å². The van der Waals surface area contributed by atoms with Crippen LogP contribution in [0.5, 0.6) is 0 Å².